The van der Waals surface area contributed by atoms with Gasteiger partial charge < -0.3 is 10.2 Å². The number of hydrogen-bond donors (Lipinski definition) is 1. The van der Waals surface area contributed by atoms with Crippen LogP contribution in [0.1, 0.15) is 17.3 Å². The first-order chi connectivity index (χ1) is 8.08. The van der Waals surface area contributed by atoms with E-state index in [1.807, 2.05) is 11.8 Å². The van der Waals surface area contributed by atoms with Crippen LogP contribution in [-0.4, -0.2) is 36.5 Å². The lowest BCUT2D eigenvalue weighted by Crippen LogP contribution is -2.52. The second-order valence-corrected chi connectivity index (χ2v) is 5.08. The van der Waals surface area contributed by atoms with Crippen molar-refractivity contribution in [2.24, 2.45) is 0 Å². The lowest BCUT2D eigenvalue weighted by atomic mass is 10.1. The topological polar surface area (TPSA) is 32.3 Å². The average Bonchev–Trinajstić information content (AvgIpc) is 2.27. The van der Waals surface area contributed by atoms with E-state index in [0.29, 0.717) is 22.2 Å². The molecule has 0 saturated carbocycles. The predicted octanol–water partition coefficient (Wildman–Crippen LogP) is 2.43. The van der Waals surface area contributed by atoms with E-state index in [9.17, 15) is 4.79 Å². The molecule has 0 aromatic heterocycles. The summed E-state index contributed by atoms with van der Waals surface area (Å²) in [7, 11) is 0. The second kappa shape index (κ2) is 5.25. The quantitative estimate of drug-likeness (QED) is 0.852. The molecule has 5 heteroatoms. The number of piperazine rings is 1. The van der Waals surface area contributed by atoms with Crippen molar-refractivity contribution in [2.75, 3.05) is 19.6 Å². The van der Waals surface area contributed by atoms with Crippen molar-refractivity contribution < 1.29 is 4.79 Å². The van der Waals surface area contributed by atoms with Gasteiger partial charge in [-0.25, -0.2) is 0 Å². The Labute approximate surface area is 111 Å². The largest absolute Gasteiger partial charge is 0.333 e. The summed E-state index contributed by atoms with van der Waals surface area (Å²) in [5.74, 6) is -0.0107. The van der Waals surface area contributed by atoms with Gasteiger partial charge >= 0.3 is 0 Å². The molecule has 1 fully saturated rings. The van der Waals surface area contributed by atoms with Gasteiger partial charge in [-0.1, -0.05) is 23.2 Å². The molecule has 1 saturated heterocycles. The summed E-state index contributed by atoms with van der Waals surface area (Å²) in [5, 5.41) is 4.23. The van der Waals surface area contributed by atoms with E-state index in [4.69, 9.17) is 23.2 Å². The van der Waals surface area contributed by atoms with Crippen LogP contribution in [0.3, 0.4) is 0 Å². The molecule has 17 heavy (non-hydrogen) atoms. The zero-order valence-corrected chi connectivity index (χ0v) is 11.1. The fourth-order valence-electron chi connectivity index (χ4n) is 1.99. The SMILES string of the molecule is CC1CNCCN1C(=O)c1cc(Cl)cc(Cl)c1. The van der Waals surface area contributed by atoms with Crippen molar-refractivity contribution in [3.05, 3.63) is 33.8 Å². The predicted molar refractivity (Wildman–Crippen MR) is 69.8 cm³/mol. The first-order valence-electron chi connectivity index (χ1n) is 5.55. The van der Waals surface area contributed by atoms with E-state index in [2.05, 4.69) is 5.32 Å². The minimum absolute atomic E-state index is 0.0107. The van der Waals surface area contributed by atoms with Gasteiger partial charge in [-0.3, -0.25) is 4.79 Å². The van der Waals surface area contributed by atoms with Gasteiger partial charge in [-0.2, -0.15) is 0 Å². The molecule has 1 aromatic carbocycles. The maximum atomic E-state index is 12.3. The van der Waals surface area contributed by atoms with Gasteiger partial charge in [0.2, 0.25) is 0 Å². The third-order valence-electron chi connectivity index (χ3n) is 2.87. The molecule has 1 aliphatic heterocycles. The van der Waals surface area contributed by atoms with E-state index < -0.39 is 0 Å². The third kappa shape index (κ3) is 2.92. The number of carbonyl (C=O) groups excluding carboxylic acids is 1. The summed E-state index contributed by atoms with van der Waals surface area (Å²) >= 11 is 11.8. The van der Waals surface area contributed by atoms with Crippen molar-refractivity contribution in [1.82, 2.24) is 10.2 Å². The molecule has 1 aromatic rings. The van der Waals surface area contributed by atoms with Crippen LogP contribution in [-0.2, 0) is 0 Å². The number of nitrogens with one attached hydrogen (secondary N) is 1. The van der Waals surface area contributed by atoms with Crippen molar-refractivity contribution >= 4 is 29.1 Å². The Hall–Kier alpha value is -0.770. The highest BCUT2D eigenvalue weighted by Crippen LogP contribution is 2.21. The number of amides is 1. The highest BCUT2D eigenvalue weighted by atomic mass is 35.5. The summed E-state index contributed by atoms with van der Waals surface area (Å²) in [6.07, 6.45) is 0. The van der Waals surface area contributed by atoms with Gasteiger partial charge in [0.1, 0.15) is 0 Å². The molecule has 0 spiro atoms. The molecular weight excluding hydrogens is 259 g/mol. The standard InChI is InChI=1S/C12H14Cl2N2O/c1-8-7-15-2-3-16(8)12(17)9-4-10(13)6-11(14)5-9/h4-6,8,15H,2-3,7H2,1H3. The number of hydrogen-bond acceptors (Lipinski definition) is 2. The highest BCUT2D eigenvalue weighted by molar-refractivity contribution is 6.35. The number of halogens is 2. The van der Waals surface area contributed by atoms with Crippen molar-refractivity contribution in [3.63, 3.8) is 0 Å². The molecule has 1 heterocycles. The molecule has 0 aliphatic carbocycles. The van der Waals surface area contributed by atoms with Crippen LogP contribution in [0.15, 0.2) is 18.2 Å². The third-order valence-corrected chi connectivity index (χ3v) is 3.31. The molecule has 1 aliphatic rings. The molecule has 3 nitrogen and oxygen atoms in total. The average molecular weight is 273 g/mol. The molecule has 2 rings (SSSR count). The number of nitrogens with zero attached hydrogens (tertiary/aromatic N) is 1. The Morgan fingerprint density at radius 2 is 2.00 bits per heavy atom. The van der Waals surface area contributed by atoms with Gasteiger partial charge in [0, 0.05) is 41.3 Å². The van der Waals surface area contributed by atoms with Crippen molar-refractivity contribution in [1.29, 1.82) is 0 Å². The zero-order valence-electron chi connectivity index (χ0n) is 9.54. The molecular formula is C12H14Cl2N2O. The fraction of sp³-hybridized carbons (Fsp3) is 0.417. The summed E-state index contributed by atoms with van der Waals surface area (Å²) in [4.78, 5) is 14.1. The Kier molecular flexibility index (Phi) is 3.92. The van der Waals surface area contributed by atoms with E-state index in [-0.39, 0.29) is 11.9 Å². The minimum Gasteiger partial charge on any atom is -0.333 e. The van der Waals surface area contributed by atoms with E-state index in [1.54, 1.807) is 18.2 Å². The van der Waals surface area contributed by atoms with Gasteiger partial charge in [-0.05, 0) is 25.1 Å². The van der Waals surface area contributed by atoms with Crippen molar-refractivity contribution in [3.8, 4) is 0 Å². The number of carbonyl (C=O) groups is 1. The highest BCUT2D eigenvalue weighted by Gasteiger charge is 2.24. The van der Waals surface area contributed by atoms with Crippen LogP contribution in [0.2, 0.25) is 10.0 Å². The summed E-state index contributed by atoms with van der Waals surface area (Å²) < 4.78 is 0. The van der Waals surface area contributed by atoms with Crippen LogP contribution in [0.5, 0.6) is 0 Å². The van der Waals surface area contributed by atoms with Crippen LogP contribution in [0.4, 0.5) is 0 Å². The number of benzene rings is 1. The molecule has 1 unspecified atom stereocenters. The van der Waals surface area contributed by atoms with Crippen LogP contribution < -0.4 is 5.32 Å². The Bertz CT molecular complexity index is 416. The van der Waals surface area contributed by atoms with E-state index >= 15 is 0 Å². The molecule has 1 N–H and O–H groups in total. The summed E-state index contributed by atoms with van der Waals surface area (Å²) in [6.45, 7) is 4.38. The van der Waals surface area contributed by atoms with Crippen LogP contribution in [0.25, 0.3) is 0 Å². The molecule has 0 bridgehead atoms. The minimum atomic E-state index is -0.0107. The first-order valence-corrected chi connectivity index (χ1v) is 6.31. The van der Waals surface area contributed by atoms with Crippen LogP contribution >= 0.6 is 23.2 Å². The Morgan fingerprint density at radius 1 is 1.35 bits per heavy atom. The Morgan fingerprint density at radius 3 is 2.59 bits per heavy atom. The molecule has 0 radical (unpaired) electrons. The van der Waals surface area contributed by atoms with E-state index in [1.165, 1.54) is 0 Å². The maximum Gasteiger partial charge on any atom is 0.254 e. The van der Waals surface area contributed by atoms with Gasteiger partial charge in [-0.15, -0.1) is 0 Å². The lowest BCUT2D eigenvalue weighted by Gasteiger charge is -2.34. The zero-order chi connectivity index (χ0) is 12.4. The maximum absolute atomic E-state index is 12.3. The fourth-order valence-corrected chi connectivity index (χ4v) is 2.51. The Balaban J connectivity index is 2.23. The number of rotatable bonds is 1. The van der Waals surface area contributed by atoms with Crippen molar-refractivity contribution in [2.45, 2.75) is 13.0 Å². The van der Waals surface area contributed by atoms with Crippen LogP contribution in [0, 0.1) is 0 Å². The first kappa shape index (κ1) is 12.7. The monoisotopic (exact) mass is 272 g/mol. The molecule has 1 amide bonds. The van der Waals surface area contributed by atoms with Gasteiger partial charge in [0.05, 0.1) is 0 Å². The van der Waals surface area contributed by atoms with Gasteiger partial charge in [0.25, 0.3) is 5.91 Å². The smallest absolute Gasteiger partial charge is 0.254 e. The van der Waals surface area contributed by atoms with Gasteiger partial charge in [0.15, 0.2) is 0 Å². The molecule has 92 valence electrons. The summed E-state index contributed by atoms with van der Waals surface area (Å²) in [5.41, 5.74) is 0.552. The lowest BCUT2D eigenvalue weighted by molar-refractivity contribution is 0.0656. The molecule has 1 atom stereocenters. The summed E-state index contributed by atoms with van der Waals surface area (Å²) in [6, 6.07) is 5.13. The van der Waals surface area contributed by atoms with E-state index in [0.717, 1.165) is 13.1 Å². The normalized spacial score (nSPS) is 20.4. The second-order valence-electron chi connectivity index (χ2n) is 4.21.